The van der Waals surface area contributed by atoms with Crippen molar-refractivity contribution in [2.75, 3.05) is 19.6 Å². The predicted molar refractivity (Wildman–Crippen MR) is 94.4 cm³/mol. The van der Waals surface area contributed by atoms with Crippen LogP contribution < -0.4 is 4.72 Å². The van der Waals surface area contributed by atoms with E-state index in [1.807, 2.05) is 30.7 Å². The number of nitrogens with one attached hydrogen (secondary N) is 1. The molecule has 0 radical (unpaired) electrons. The van der Waals surface area contributed by atoms with Crippen LogP contribution in [0.1, 0.15) is 31.0 Å². The van der Waals surface area contributed by atoms with Crippen LogP contribution >= 0.6 is 11.3 Å². The number of nitrogens with zero attached hydrogens (tertiary/aromatic N) is 2. The molecule has 0 bridgehead atoms. The third-order valence-electron chi connectivity index (χ3n) is 3.99. The number of pyridine rings is 1. The monoisotopic (exact) mass is 407 g/mol. The fourth-order valence-corrected chi connectivity index (χ4v) is 4.23. The average Bonchev–Trinajstić information content (AvgIpc) is 3.12. The van der Waals surface area contributed by atoms with Gasteiger partial charge >= 0.3 is 6.18 Å². The van der Waals surface area contributed by atoms with Gasteiger partial charge in [0.15, 0.2) is 5.03 Å². The lowest BCUT2D eigenvalue weighted by molar-refractivity contribution is -0.137. The van der Waals surface area contributed by atoms with Crippen LogP contribution in [0.15, 0.2) is 40.2 Å². The smallest absolute Gasteiger partial charge is 0.296 e. The SMILES string of the molecule is CCN(CC)[C@@H](CNS(=O)(=O)c1ccc(C(F)(F)F)cn1)c1ccsc1. The lowest BCUT2D eigenvalue weighted by atomic mass is 10.1. The molecule has 0 unspecified atom stereocenters. The summed E-state index contributed by atoms with van der Waals surface area (Å²) in [6.45, 7) is 5.53. The van der Waals surface area contributed by atoms with Gasteiger partial charge < -0.3 is 0 Å². The van der Waals surface area contributed by atoms with Gasteiger partial charge in [-0.3, -0.25) is 4.90 Å². The Bertz CT molecular complexity index is 787. The van der Waals surface area contributed by atoms with E-state index < -0.39 is 26.8 Å². The Kier molecular flexibility index (Phi) is 6.78. The highest BCUT2D eigenvalue weighted by molar-refractivity contribution is 7.89. The summed E-state index contributed by atoms with van der Waals surface area (Å²) in [4.78, 5) is 5.56. The molecule has 0 spiro atoms. The molecule has 2 heterocycles. The molecule has 0 amide bonds. The molecule has 0 aliphatic rings. The summed E-state index contributed by atoms with van der Waals surface area (Å²) in [5.41, 5.74) is -0.00230. The highest BCUT2D eigenvalue weighted by Gasteiger charge is 2.31. The van der Waals surface area contributed by atoms with Crippen molar-refractivity contribution in [3.63, 3.8) is 0 Å². The third kappa shape index (κ3) is 5.03. The molecule has 2 aromatic rings. The Morgan fingerprint density at radius 1 is 1.23 bits per heavy atom. The maximum atomic E-state index is 12.6. The summed E-state index contributed by atoms with van der Waals surface area (Å²) in [5, 5.41) is 3.43. The number of rotatable bonds is 8. The second kappa shape index (κ2) is 8.47. The molecule has 5 nitrogen and oxygen atoms in total. The molecule has 0 saturated carbocycles. The highest BCUT2D eigenvalue weighted by Crippen LogP contribution is 2.29. The molecular formula is C16H20F3N3O2S2. The zero-order chi connectivity index (χ0) is 19.4. The minimum Gasteiger partial charge on any atom is -0.296 e. The van der Waals surface area contributed by atoms with Crippen molar-refractivity contribution in [3.05, 3.63) is 46.3 Å². The average molecular weight is 407 g/mol. The molecule has 10 heteroatoms. The largest absolute Gasteiger partial charge is 0.417 e. The van der Waals surface area contributed by atoms with E-state index in [0.29, 0.717) is 12.3 Å². The first-order chi connectivity index (χ1) is 12.2. The second-order valence-electron chi connectivity index (χ2n) is 5.53. The van der Waals surface area contributed by atoms with Gasteiger partial charge in [-0.25, -0.2) is 18.1 Å². The first-order valence-electron chi connectivity index (χ1n) is 7.98. The molecule has 2 rings (SSSR count). The van der Waals surface area contributed by atoms with Crippen molar-refractivity contribution in [2.24, 2.45) is 0 Å². The fourth-order valence-electron chi connectivity index (χ4n) is 2.56. The molecular weight excluding hydrogens is 387 g/mol. The molecule has 0 aromatic carbocycles. The number of thiophene rings is 1. The van der Waals surface area contributed by atoms with E-state index in [2.05, 4.69) is 14.6 Å². The number of hydrogen-bond acceptors (Lipinski definition) is 5. The normalized spacial score (nSPS) is 13.9. The Morgan fingerprint density at radius 3 is 2.38 bits per heavy atom. The van der Waals surface area contributed by atoms with E-state index >= 15 is 0 Å². The number of hydrogen-bond donors (Lipinski definition) is 1. The van der Waals surface area contributed by atoms with Crippen LogP contribution in [0.5, 0.6) is 0 Å². The van der Waals surface area contributed by atoms with Gasteiger partial charge in [0.25, 0.3) is 10.0 Å². The van der Waals surface area contributed by atoms with Gasteiger partial charge in [0.1, 0.15) is 0 Å². The van der Waals surface area contributed by atoms with Gasteiger partial charge in [-0.1, -0.05) is 13.8 Å². The van der Waals surface area contributed by atoms with E-state index in [4.69, 9.17) is 0 Å². The summed E-state index contributed by atoms with van der Waals surface area (Å²) in [6.07, 6.45) is -4.04. The van der Waals surface area contributed by atoms with Crippen LogP contribution in [0.25, 0.3) is 0 Å². The van der Waals surface area contributed by atoms with Crippen molar-refractivity contribution in [1.29, 1.82) is 0 Å². The zero-order valence-corrected chi connectivity index (χ0v) is 16.0. The Balaban J connectivity index is 2.17. The third-order valence-corrected chi connectivity index (χ3v) is 6.03. The van der Waals surface area contributed by atoms with E-state index in [1.165, 1.54) is 11.3 Å². The van der Waals surface area contributed by atoms with Gasteiger partial charge in [-0.2, -0.15) is 24.5 Å². The maximum Gasteiger partial charge on any atom is 0.417 e. The number of likely N-dealkylation sites (N-methyl/N-ethyl adjacent to an activating group) is 1. The van der Waals surface area contributed by atoms with Crippen LogP contribution in [0.4, 0.5) is 13.2 Å². The molecule has 0 fully saturated rings. The van der Waals surface area contributed by atoms with E-state index in [0.717, 1.165) is 24.7 Å². The van der Waals surface area contributed by atoms with E-state index in [9.17, 15) is 21.6 Å². The second-order valence-corrected chi connectivity index (χ2v) is 8.02. The molecule has 0 aliphatic carbocycles. The Morgan fingerprint density at radius 2 is 1.92 bits per heavy atom. The van der Waals surface area contributed by atoms with Gasteiger partial charge in [0.05, 0.1) is 5.56 Å². The van der Waals surface area contributed by atoms with E-state index in [1.54, 1.807) is 0 Å². The lowest BCUT2D eigenvalue weighted by Gasteiger charge is -2.29. The molecule has 2 aromatic heterocycles. The number of alkyl halides is 3. The van der Waals surface area contributed by atoms with Crippen LogP contribution in [0.3, 0.4) is 0 Å². The topological polar surface area (TPSA) is 62.3 Å². The molecule has 0 saturated heterocycles. The number of aromatic nitrogens is 1. The Labute approximate surface area is 154 Å². The lowest BCUT2D eigenvalue weighted by Crippen LogP contribution is -2.38. The van der Waals surface area contributed by atoms with E-state index in [-0.39, 0.29) is 12.6 Å². The van der Waals surface area contributed by atoms with Crippen LogP contribution in [-0.4, -0.2) is 37.9 Å². The van der Waals surface area contributed by atoms with Gasteiger partial charge in [-0.15, -0.1) is 0 Å². The van der Waals surface area contributed by atoms with Gasteiger partial charge in [0, 0.05) is 18.8 Å². The summed E-state index contributed by atoms with van der Waals surface area (Å²) < 4.78 is 65.0. The van der Waals surface area contributed by atoms with Crippen LogP contribution in [-0.2, 0) is 16.2 Å². The standard InChI is InChI=1S/C16H20F3N3O2S2/c1-3-22(4-2)14(12-7-8-25-11-12)10-21-26(23,24)15-6-5-13(9-20-15)16(17,18)19/h5-9,11,14,21H,3-4,10H2,1-2H3/t14-/m0/s1. The van der Waals surface area contributed by atoms with Crippen LogP contribution in [0.2, 0.25) is 0 Å². The predicted octanol–water partition coefficient (Wildman–Crippen LogP) is 3.52. The summed E-state index contributed by atoms with van der Waals surface area (Å²) in [6, 6.07) is 3.34. The molecule has 144 valence electrons. The van der Waals surface area contributed by atoms with Crippen LogP contribution in [0, 0.1) is 0 Å². The molecule has 0 aliphatic heterocycles. The molecule has 1 N–H and O–H groups in total. The van der Waals surface area contributed by atoms with Gasteiger partial charge in [0.2, 0.25) is 0 Å². The minimum absolute atomic E-state index is 0.101. The first-order valence-corrected chi connectivity index (χ1v) is 10.4. The summed E-state index contributed by atoms with van der Waals surface area (Å²) in [7, 11) is -4.01. The summed E-state index contributed by atoms with van der Waals surface area (Å²) in [5.74, 6) is 0. The molecule has 1 atom stereocenters. The zero-order valence-electron chi connectivity index (χ0n) is 14.3. The Hall–Kier alpha value is -1.49. The van der Waals surface area contributed by atoms with Crippen molar-refractivity contribution in [1.82, 2.24) is 14.6 Å². The minimum atomic E-state index is -4.56. The maximum absolute atomic E-state index is 12.6. The number of halogens is 3. The fraction of sp³-hybridized carbons (Fsp3) is 0.438. The van der Waals surface area contributed by atoms with Crippen molar-refractivity contribution in [3.8, 4) is 0 Å². The highest BCUT2D eigenvalue weighted by atomic mass is 32.2. The first kappa shape index (κ1) is 20.8. The van der Waals surface area contributed by atoms with Crippen molar-refractivity contribution >= 4 is 21.4 Å². The van der Waals surface area contributed by atoms with Gasteiger partial charge in [-0.05, 0) is 47.6 Å². The van der Waals surface area contributed by atoms with Crippen molar-refractivity contribution < 1.29 is 21.6 Å². The van der Waals surface area contributed by atoms with Crippen molar-refractivity contribution in [2.45, 2.75) is 31.1 Å². The summed E-state index contributed by atoms with van der Waals surface area (Å²) >= 11 is 1.52. The molecule has 26 heavy (non-hydrogen) atoms. The quantitative estimate of drug-likeness (QED) is 0.727. The number of sulfonamides is 1.